The molecule has 22 heavy (non-hydrogen) atoms. The Kier molecular flexibility index (Phi) is 3.32. The Morgan fingerprint density at radius 2 is 1.82 bits per heavy atom. The van der Waals surface area contributed by atoms with E-state index in [2.05, 4.69) is 42.6 Å². The molecule has 1 aromatic rings. The van der Waals surface area contributed by atoms with Crippen molar-refractivity contribution in [3.63, 3.8) is 0 Å². The highest BCUT2D eigenvalue weighted by Crippen LogP contribution is 2.65. The van der Waals surface area contributed by atoms with Gasteiger partial charge in [0, 0.05) is 6.54 Å². The van der Waals surface area contributed by atoms with Crippen molar-refractivity contribution < 1.29 is 4.79 Å². The number of carbonyl (C=O) groups is 1. The summed E-state index contributed by atoms with van der Waals surface area (Å²) in [5, 5.41) is 3.22. The predicted molar refractivity (Wildman–Crippen MR) is 88.5 cm³/mol. The van der Waals surface area contributed by atoms with Gasteiger partial charge in [0.1, 0.15) is 0 Å². The second-order valence-corrected chi connectivity index (χ2v) is 8.14. The van der Waals surface area contributed by atoms with Crippen LogP contribution in [0.3, 0.4) is 0 Å². The van der Waals surface area contributed by atoms with Gasteiger partial charge < -0.3 is 5.32 Å². The zero-order valence-electron chi connectivity index (χ0n) is 13.6. The Bertz CT molecular complexity index is 550. The number of hydrogen-bond acceptors (Lipinski definition) is 1. The van der Waals surface area contributed by atoms with Crippen molar-refractivity contribution in [2.75, 3.05) is 6.54 Å². The van der Waals surface area contributed by atoms with Gasteiger partial charge in [-0.15, -0.1) is 0 Å². The minimum Gasteiger partial charge on any atom is -0.356 e. The number of hydrogen-bond donors (Lipinski definition) is 1. The normalized spacial score (nSPS) is 39.0. The summed E-state index contributed by atoms with van der Waals surface area (Å²) < 4.78 is 0. The molecule has 4 aliphatic rings. The van der Waals surface area contributed by atoms with Gasteiger partial charge in [-0.2, -0.15) is 0 Å². The Balaban J connectivity index is 1.68. The zero-order chi connectivity index (χ0) is 15.2. The molecule has 2 nitrogen and oxygen atoms in total. The molecule has 4 bridgehead atoms. The molecule has 2 atom stereocenters. The molecule has 0 unspecified atom stereocenters. The Morgan fingerprint density at radius 1 is 1.14 bits per heavy atom. The molecule has 1 amide bonds. The first-order valence-corrected chi connectivity index (χ1v) is 9.00. The van der Waals surface area contributed by atoms with Crippen LogP contribution >= 0.6 is 0 Å². The first-order valence-electron chi connectivity index (χ1n) is 9.00. The van der Waals surface area contributed by atoms with E-state index in [4.69, 9.17) is 0 Å². The molecule has 0 radical (unpaired) electrons. The fraction of sp³-hybridized carbons (Fsp3) is 0.650. The first kappa shape index (κ1) is 14.3. The quantitative estimate of drug-likeness (QED) is 0.892. The van der Waals surface area contributed by atoms with Gasteiger partial charge in [0.05, 0.1) is 5.41 Å². The van der Waals surface area contributed by atoms with Crippen LogP contribution in [-0.2, 0) is 10.2 Å². The van der Waals surface area contributed by atoms with Gasteiger partial charge in [-0.05, 0) is 67.8 Å². The van der Waals surface area contributed by atoms with E-state index in [0.29, 0.717) is 5.91 Å². The smallest absolute Gasteiger partial charge is 0.226 e. The maximum atomic E-state index is 12.9. The summed E-state index contributed by atoms with van der Waals surface area (Å²) in [7, 11) is 0. The van der Waals surface area contributed by atoms with Crippen molar-refractivity contribution in [3.8, 4) is 0 Å². The van der Waals surface area contributed by atoms with E-state index in [1.165, 1.54) is 24.8 Å². The Labute approximate surface area is 133 Å². The monoisotopic (exact) mass is 297 g/mol. The van der Waals surface area contributed by atoms with Crippen molar-refractivity contribution in [2.24, 2.45) is 17.3 Å². The van der Waals surface area contributed by atoms with Gasteiger partial charge >= 0.3 is 0 Å². The molecular weight excluding hydrogens is 270 g/mol. The van der Waals surface area contributed by atoms with Crippen LogP contribution < -0.4 is 5.32 Å². The van der Waals surface area contributed by atoms with E-state index in [-0.39, 0.29) is 10.8 Å². The van der Waals surface area contributed by atoms with Crippen molar-refractivity contribution in [3.05, 3.63) is 35.9 Å². The van der Waals surface area contributed by atoms with Crippen LogP contribution in [-0.4, -0.2) is 12.5 Å². The molecule has 0 aromatic heterocycles. The van der Waals surface area contributed by atoms with Gasteiger partial charge in [0.15, 0.2) is 0 Å². The van der Waals surface area contributed by atoms with E-state index in [0.717, 1.165) is 44.1 Å². The molecule has 5 rings (SSSR count). The SMILES string of the molecule is CCCNC(=O)C12C[C@H]3C[C@H](C1)CC(c1ccccc1)(C3)C2. The fourth-order valence-electron chi connectivity index (χ4n) is 6.08. The van der Waals surface area contributed by atoms with Crippen molar-refractivity contribution in [1.82, 2.24) is 5.32 Å². The number of rotatable bonds is 4. The average molecular weight is 297 g/mol. The molecule has 4 saturated carbocycles. The standard InChI is InChI=1S/C20H27NO/c1-2-8-21-18(22)20-12-15-9-16(13-20)11-19(10-15,14-20)17-6-4-3-5-7-17/h3-7,15-16H,2,8-14H2,1H3,(H,21,22)/t15-,16-,19?,20?/m0/s1. The van der Waals surface area contributed by atoms with Crippen LogP contribution in [0, 0.1) is 17.3 Å². The van der Waals surface area contributed by atoms with Crippen LogP contribution in [0.15, 0.2) is 30.3 Å². The third kappa shape index (κ3) is 2.11. The molecule has 0 saturated heterocycles. The minimum absolute atomic E-state index is 0.0743. The Morgan fingerprint density at radius 3 is 2.45 bits per heavy atom. The van der Waals surface area contributed by atoms with E-state index in [9.17, 15) is 4.79 Å². The van der Waals surface area contributed by atoms with Crippen LogP contribution in [0.1, 0.15) is 57.4 Å². The summed E-state index contributed by atoms with van der Waals surface area (Å²) in [5.74, 6) is 1.87. The topological polar surface area (TPSA) is 29.1 Å². The third-order valence-electron chi connectivity index (χ3n) is 6.46. The fourth-order valence-corrected chi connectivity index (χ4v) is 6.08. The maximum absolute atomic E-state index is 12.9. The largest absolute Gasteiger partial charge is 0.356 e. The third-order valence-corrected chi connectivity index (χ3v) is 6.46. The Hall–Kier alpha value is -1.31. The van der Waals surface area contributed by atoms with Crippen LogP contribution in [0.2, 0.25) is 0 Å². The minimum atomic E-state index is -0.0743. The summed E-state index contributed by atoms with van der Waals surface area (Å²) in [4.78, 5) is 12.9. The van der Waals surface area contributed by atoms with Crippen molar-refractivity contribution in [2.45, 2.75) is 57.3 Å². The molecule has 0 heterocycles. The number of amides is 1. The highest BCUT2D eigenvalue weighted by Gasteiger charge is 2.60. The van der Waals surface area contributed by atoms with Crippen molar-refractivity contribution >= 4 is 5.91 Å². The van der Waals surface area contributed by atoms with Crippen LogP contribution in [0.4, 0.5) is 0 Å². The van der Waals surface area contributed by atoms with E-state index in [1.54, 1.807) is 0 Å². The molecule has 4 aliphatic carbocycles. The summed E-state index contributed by atoms with van der Waals surface area (Å²) in [6.45, 7) is 2.96. The van der Waals surface area contributed by atoms with Gasteiger partial charge in [-0.3, -0.25) is 4.79 Å². The number of benzene rings is 1. The van der Waals surface area contributed by atoms with E-state index < -0.39 is 0 Å². The highest BCUT2D eigenvalue weighted by molar-refractivity contribution is 5.83. The van der Waals surface area contributed by atoms with Crippen LogP contribution in [0.5, 0.6) is 0 Å². The summed E-state index contributed by atoms with van der Waals surface area (Å²) >= 11 is 0. The number of carbonyl (C=O) groups excluding carboxylic acids is 1. The lowest BCUT2D eigenvalue weighted by Gasteiger charge is -2.61. The molecular formula is C20H27NO. The van der Waals surface area contributed by atoms with Gasteiger partial charge in [0.25, 0.3) is 0 Å². The second kappa shape index (κ2) is 5.11. The van der Waals surface area contributed by atoms with E-state index in [1.807, 2.05) is 0 Å². The number of nitrogens with one attached hydrogen (secondary N) is 1. The molecule has 1 aromatic carbocycles. The molecule has 2 heteroatoms. The van der Waals surface area contributed by atoms with Gasteiger partial charge in [-0.1, -0.05) is 37.3 Å². The highest BCUT2D eigenvalue weighted by atomic mass is 16.2. The molecule has 4 fully saturated rings. The molecule has 0 aliphatic heterocycles. The maximum Gasteiger partial charge on any atom is 0.226 e. The molecule has 0 spiro atoms. The summed E-state index contributed by atoms with van der Waals surface area (Å²) in [6, 6.07) is 11.0. The summed E-state index contributed by atoms with van der Waals surface area (Å²) in [5.41, 5.74) is 1.68. The lowest BCUT2D eigenvalue weighted by atomic mass is 9.42. The average Bonchev–Trinajstić information content (AvgIpc) is 2.52. The lowest BCUT2D eigenvalue weighted by Crippen LogP contribution is -2.59. The first-order chi connectivity index (χ1) is 10.7. The van der Waals surface area contributed by atoms with E-state index >= 15 is 0 Å². The van der Waals surface area contributed by atoms with Gasteiger partial charge in [-0.25, -0.2) is 0 Å². The predicted octanol–water partition coefficient (Wildman–Crippen LogP) is 4.05. The second-order valence-electron chi connectivity index (χ2n) is 8.14. The van der Waals surface area contributed by atoms with Crippen molar-refractivity contribution in [1.29, 1.82) is 0 Å². The van der Waals surface area contributed by atoms with Gasteiger partial charge in [0.2, 0.25) is 5.91 Å². The zero-order valence-corrected chi connectivity index (χ0v) is 13.6. The molecule has 1 N–H and O–H groups in total. The summed E-state index contributed by atoms with van der Waals surface area (Å²) in [6.07, 6.45) is 8.33. The lowest BCUT2D eigenvalue weighted by molar-refractivity contribution is -0.149. The van der Waals surface area contributed by atoms with Crippen LogP contribution in [0.25, 0.3) is 0 Å². The molecule has 118 valence electrons.